The Bertz CT molecular complexity index is 501. The monoisotopic (exact) mass is 293 g/mol. The zero-order chi connectivity index (χ0) is 15.1. The molecule has 3 N–H and O–H groups in total. The van der Waals surface area contributed by atoms with Gasteiger partial charge in [-0.1, -0.05) is 6.07 Å². The molecule has 2 amide bonds. The van der Waals surface area contributed by atoms with Crippen molar-refractivity contribution >= 4 is 23.4 Å². The Morgan fingerprint density at radius 3 is 2.81 bits per heavy atom. The van der Waals surface area contributed by atoms with Crippen LogP contribution >= 0.6 is 0 Å². The van der Waals surface area contributed by atoms with E-state index in [1.807, 2.05) is 0 Å². The summed E-state index contributed by atoms with van der Waals surface area (Å²) >= 11 is 0. The van der Waals surface area contributed by atoms with Gasteiger partial charge in [-0.25, -0.2) is 4.79 Å². The standard InChI is InChI=1S/C14H19N3O4/c1-20-14(19)17-11-4-2-3-10(7-11)16-13(18)8-12-9-15-5-6-21-12/h2-4,7,12,15H,5-6,8-9H2,1H3,(H,16,18)(H,17,19). The molecule has 0 radical (unpaired) electrons. The van der Waals surface area contributed by atoms with E-state index in [0.717, 1.165) is 6.54 Å². The summed E-state index contributed by atoms with van der Waals surface area (Å²) < 4.78 is 10.00. The highest BCUT2D eigenvalue weighted by molar-refractivity contribution is 5.92. The van der Waals surface area contributed by atoms with Crippen LogP contribution in [-0.2, 0) is 14.3 Å². The number of morpholine rings is 1. The third kappa shape index (κ3) is 5.05. The van der Waals surface area contributed by atoms with Gasteiger partial charge < -0.3 is 20.1 Å². The molecule has 0 spiro atoms. The summed E-state index contributed by atoms with van der Waals surface area (Å²) in [5.41, 5.74) is 1.16. The van der Waals surface area contributed by atoms with Crippen molar-refractivity contribution in [2.45, 2.75) is 12.5 Å². The van der Waals surface area contributed by atoms with Crippen molar-refractivity contribution in [3.63, 3.8) is 0 Å². The summed E-state index contributed by atoms with van der Waals surface area (Å²) in [5.74, 6) is -0.126. The minimum absolute atomic E-state index is 0.102. The van der Waals surface area contributed by atoms with Crippen molar-refractivity contribution in [2.24, 2.45) is 0 Å². The molecule has 1 aromatic rings. The number of benzene rings is 1. The topological polar surface area (TPSA) is 88.7 Å². The highest BCUT2D eigenvalue weighted by atomic mass is 16.5. The van der Waals surface area contributed by atoms with E-state index in [4.69, 9.17) is 4.74 Å². The molecule has 1 aliphatic rings. The lowest BCUT2D eigenvalue weighted by Gasteiger charge is -2.23. The van der Waals surface area contributed by atoms with Crippen LogP contribution in [0.2, 0.25) is 0 Å². The number of rotatable bonds is 4. The predicted octanol–water partition coefficient (Wildman–Crippen LogP) is 1.18. The molecule has 1 aromatic carbocycles. The first-order valence-corrected chi connectivity index (χ1v) is 6.74. The van der Waals surface area contributed by atoms with E-state index in [1.165, 1.54) is 7.11 Å². The molecule has 0 aromatic heterocycles. The van der Waals surface area contributed by atoms with Crippen molar-refractivity contribution < 1.29 is 19.1 Å². The van der Waals surface area contributed by atoms with E-state index in [1.54, 1.807) is 24.3 Å². The molecule has 21 heavy (non-hydrogen) atoms. The fourth-order valence-corrected chi connectivity index (χ4v) is 2.01. The zero-order valence-electron chi connectivity index (χ0n) is 11.8. The summed E-state index contributed by atoms with van der Waals surface area (Å²) in [6, 6.07) is 6.86. The van der Waals surface area contributed by atoms with E-state index in [9.17, 15) is 9.59 Å². The number of carbonyl (C=O) groups excluding carboxylic acids is 2. The smallest absolute Gasteiger partial charge is 0.411 e. The fraction of sp³-hybridized carbons (Fsp3) is 0.429. The molecule has 0 aliphatic carbocycles. The number of hydrogen-bond acceptors (Lipinski definition) is 5. The lowest BCUT2D eigenvalue weighted by Crippen LogP contribution is -2.40. The minimum Gasteiger partial charge on any atom is -0.453 e. The fourth-order valence-electron chi connectivity index (χ4n) is 2.01. The van der Waals surface area contributed by atoms with Gasteiger partial charge in [0.1, 0.15) is 0 Å². The van der Waals surface area contributed by atoms with E-state index in [0.29, 0.717) is 30.9 Å². The molecule has 0 bridgehead atoms. The van der Waals surface area contributed by atoms with Gasteiger partial charge in [-0.15, -0.1) is 0 Å². The van der Waals surface area contributed by atoms with Gasteiger partial charge in [-0.2, -0.15) is 0 Å². The molecule has 114 valence electrons. The second-order valence-corrected chi connectivity index (χ2v) is 4.65. The van der Waals surface area contributed by atoms with Crippen LogP contribution in [0.25, 0.3) is 0 Å². The number of carbonyl (C=O) groups is 2. The average Bonchev–Trinajstić information content (AvgIpc) is 2.48. The Hall–Kier alpha value is -2.12. The molecule has 1 heterocycles. The van der Waals surface area contributed by atoms with Crippen LogP contribution in [0.1, 0.15) is 6.42 Å². The number of amides is 2. The molecule has 0 saturated carbocycles. The van der Waals surface area contributed by atoms with E-state index in [-0.39, 0.29) is 12.0 Å². The van der Waals surface area contributed by atoms with Crippen molar-refractivity contribution in [3.05, 3.63) is 24.3 Å². The number of nitrogens with one attached hydrogen (secondary N) is 3. The van der Waals surface area contributed by atoms with Gasteiger partial charge >= 0.3 is 6.09 Å². The molecule has 1 unspecified atom stereocenters. The van der Waals surface area contributed by atoms with Gasteiger partial charge in [0.2, 0.25) is 5.91 Å². The highest BCUT2D eigenvalue weighted by Gasteiger charge is 2.17. The summed E-state index contributed by atoms with van der Waals surface area (Å²) in [6.07, 6.45) is -0.364. The summed E-state index contributed by atoms with van der Waals surface area (Å²) in [5, 5.41) is 8.50. The predicted molar refractivity (Wildman–Crippen MR) is 78.3 cm³/mol. The van der Waals surface area contributed by atoms with Crippen LogP contribution in [0.5, 0.6) is 0 Å². The maximum atomic E-state index is 11.9. The number of methoxy groups -OCH3 is 1. The Morgan fingerprint density at radius 2 is 2.14 bits per heavy atom. The van der Waals surface area contributed by atoms with Crippen LogP contribution in [0.3, 0.4) is 0 Å². The van der Waals surface area contributed by atoms with E-state index < -0.39 is 6.09 Å². The molecule has 2 rings (SSSR count). The first-order valence-electron chi connectivity index (χ1n) is 6.74. The highest BCUT2D eigenvalue weighted by Crippen LogP contribution is 2.16. The van der Waals surface area contributed by atoms with Crippen molar-refractivity contribution in [3.8, 4) is 0 Å². The lowest BCUT2D eigenvalue weighted by molar-refractivity contribution is -0.119. The molecule has 1 saturated heterocycles. The normalized spacial score (nSPS) is 17.9. The number of anilines is 2. The van der Waals surface area contributed by atoms with Crippen LogP contribution in [0, 0.1) is 0 Å². The molecule has 7 nitrogen and oxygen atoms in total. The lowest BCUT2D eigenvalue weighted by atomic mass is 10.2. The average molecular weight is 293 g/mol. The largest absolute Gasteiger partial charge is 0.453 e. The second kappa shape index (κ2) is 7.61. The van der Waals surface area contributed by atoms with Crippen LogP contribution in [0.15, 0.2) is 24.3 Å². The van der Waals surface area contributed by atoms with Crippen LogP contribution in [0.4, 0.5) is 16.2 Å². The SMILES string of the molecule is COC(=O)Nc1cccc(NC(=O)CC2CNCCO2)c1. The third-order valence-corrected chi connectivity index (χ3v) is 3.00. The quantitative estimate of drug-likeness (QED) is 0.776. The number of hydrogen-bond donors (Lipinski definition) is 3. The molecule has 1 aliphatic heterocycles. The molecular weight excluding hydrogens is 274 g/mol. The van der Waals surface area contributed by atoms with Gasteiger partial charge in [-0.3, -0.25) is 10.1 Å². The minimum atomic E-state index is -0.555. The van der Waals surface area contributed by atoms with Gasteiger partial charge in [0.25, 0.3) is 0 Å². The van der Waals surface area contributed by atoms with Gasteiger partial charge in [0, 0.05) is 24.5 Å². The van der Waals surface area contributed by atoms with Gasteiger partial charge in [0.05, 0.1) is 26.2 Å². The van der Waals surface area contributed by atoms with Gasteiger partial charge in [-0.05, 0) is 18.2 Å². The third-order valence-electron chi connectivity index (χ3n) is 3.00. The summed E-state index contributed by atoms with van der Waals surface area (Å²) in [4.78, 5) is 23.1. The first kappa shape index (κ1) is 15.3. The van der Waals surface area contributed by atoms with E-state index in [2.05, 4.69) is 20.7 Å². The Labute approximate surface area is 123 Å². The molecule has 1 atom stereocenters. The zero-order valence-corrected chi connectivity index (χ0v) is 11.8. The molecule has 1 fully saturated rings. The second-order valence-electron chi connectivity index (χ2n) is 4.65. The summed E-state index contributed by atoms with van der Waals surface area (Å²) in [6.45, 7) is 2.12. The van der Waals surface area contributed by atoms with E-state index >= 15 is 0 Å². The Morgan fingerprint density at radius 1 is 1.38 bits per heavy atom. The Balaban J connectivity index is 1.87. The maximum absolute atomic E-state index is 11.9. The summed E-state index contributed by atoms with van der Waals surface area (Å²) in [7, 11) is 1.29. The Kier molecular flexibility index (Phi) is 5.53. The van der Waals surface area contributed by atoms with Crippen molar-refractivity contribution in [1.82, 2.24) is 5.32 Å². The van der Waals surface area contributed by atoms with Crippen LogP contribution < -0.4 is 16.0 Å². The van der Waals surface area contributed by atoms with Crippen molar-refractivity contribution in [1.29, 1.82) is 0 Å². The number of ether oxygens (including phenoxy) is 2. The maximum Gasteiger partial charge on any atom is 0.411 e. The van der Waals surface area contributed by atoms with Gasteiger partial charge in [0.15, 0.2) is 0 Å². The first-order chi connectivity index (χ1) is 10.2. The molecule has 7 heteroatoms. The molecular formula is C14H19N3O4. The van der Waals surface area contributed by atoms with Crippen LogP contribution in [-0.4, -0.2) is 44.9 Å². The van der Waals surface area contributed by atoms with Crippen molar-refractivity contribution in [2.75, 3.05) is 37.4 Å².